The monoisotopic (exact) mass is 384 g/mol. The quantitative estimate of drug-likeness (QED) is 0.608. The van der Waals surface area contributed by atoms with E-state index in [1.165, 1.54) is 0 Å². The molecule has 2 nitrogen and oxygen atoms in total. The molecule has 0 radical (unpaired) electrons. The van der Waals surface area contributed by atoms with Crippen molar-refractivity contribution in [2.24, 2.45) is 0 Å². The molecule has 0 saturated heterocycles. The van der Waals surface area contributed by atoms with Gasteiger partial charge in [0.1, 0.15) is 7.75 Å². The fourth-order valence-corrected chi connectivity index (χ4v) is 23.3. The number of rotatable bonds is 9. The van der Waals surface area contributed by atoms with Gasteiger partial charge in [-0.3, -0.25) is 0 Å². The molecular weight excluding hydrogens is 348 g/mol. The van der Waals surface area contributed by atoms with Crippen molar-refractivity contribution < 1.29 is 0 Å². The molecule has 0 amide bonds. The summed E-state index contributed by atoms with van der Waals surface area (Å²) in [4.78, 5) is 0. The number of benzene rings is 2. The maximum atomic E-state index is 2.84. The molecule has 0 atom stereocenters. The van der Waals surface area contributed by atoms with Crippen LogP contribution in [0.25, 0.3) is 0 Å². The average Bonchev–Trinajstić information content (AvgIpc) is 2.68. The normalized spacial score (nSPS) is 12.8. The smallest absolute Gasteiger partial charge is 0.197 e. The van der Waals surface area contributed by atoms with Crippen LogP contribution < -0.4 is 10.4 Å². The number of hydrogen-bond donors (Lipinski definition) is 0. The van der Waals surface area contributed by atoms with Crippen LogP contribution in [0.3, 0.4) is 0 Å². The lowest BCUT2D eigenvalue weighted by Gasteiger charge is -2.54. The molecule has 142 valence electrons. The van der Waals surface area contributed by atoms with Gasteiger partial charge >= 0.3 is 0 Å². The van der Waals surface area contributed by atoms with Crippen LogP contribution in [0.15, 0.2) is 60.7 Å². The molecule has 0 aliphatic heterocycles. The Kier molecular flexibility index (Phi) is 7.41. The summed E-state index contributed by atoms with van der Waals surface area (Å²) in [6, 6.07) is 22.8. The van der Waals surface area contributed by atoms with Gasteiger partial charge in [0.2, 0.25) is 0 Å². The van der Waals surface area contributed by atoms with Crippen molar-refractivity contribution in [1.29, 1.82) is 0 Å². The second-order valence-electron chi connectivity index (χ2n) is 7.35. The number of hydrogen-bond acceptors (Lipinski definition) is 2. The zero-order chi connectivity index (χ0) is 19.2. The average molecular weight is 385 g/mol. The summed E-state index contributed by atoms with van der Waals surface area (Å²) in [6.45, 7) is 19.0. The highest BCUT2D eigenvalue weighted by Gasteiger charge is 2.57. The first-order chi connectivity index (χ1) is 12.5. The van der Waals surface area contributed by atoms with E-state index in [2.05, 4.69) is 111 Å². The molecule has 0 aromatic heterocycles. The van der Waals surface area contributed by atoms with Gasteiger partial charge in [0, 0.05) is 0 Å². The van der Waals surface area contributed by atoms with E-state index >= 15 is 0 Å². The third-order valence-corrected chi connectivity index (χ3v) is 22.9. The van der Waals surface area contributed by atoms with Gasteiger partial charge in [0.15, 0.2) is 7.75 Å². The Morgan fingerprint density at radius 3 is 1.23 bits per heavy atom. The maximum Gasteiger partial charge on any atom is 0.197 e. The maximum absolute atomic E-state index is 2.84. The summed E-state index contributed by atoms with van der Waals surface area (Å²) in [5, 5.41) is 3.14. The Morgan fingerprint density at radius 1 is 0.577 bits per heavy atom. The van der Waals surface area contributed by atoms with Gasteiger partial charge in [-0.05, 0) is 36.6 Å². The molecule has 2 rings (SSSR count). The van der Waals surface area contributed by atoms with Gasteiger partial charge in [-0.1, -0.05) is 101 Å². The molecule has 0 heterocycles. The molecule has 2 aromatic carbocycles. The molecule has 2 aromatic rings. The van der Waals surface area contributed by atoms with Crippen molar-refractivity contribution >= 4 is 25.9 Å². The van der Waals surface area contributed by atoms with Gasteiger partial charge in [0.05, 0.1) is 0 Å². The summed E-state index contributed by atoms with van der Waals surface area (Å²) < 4.78 is 5.64. The minimum absolute atomic E-state index is 1.10. The van der Waals surface area contributed by atoms with E-state index in [1.54, 1.807) is 10.4 Å². The molecule has 0 aliphatic carbocycles. The van der Waals surface area contributed by atoms with E-state index in [1.807, 2.05) is 0 Å². The van der Waals surface area contributed by atoms with E-state index in [9.17, 15) is 0 Å². The van der Waals surface area contributed by atoms with E-state index < -0.39 is 15.5 Å². The molecule has 4 heteroatoms. The summed E-state index contributed by atoms with van der Waals surface area (Å²) >= 11 is 0. The first-order valence-electron chi connectivity index (χ1n) is 10.1. The Hall–Kier alpha value is -1.21. The predicted molar refractivity (Wildman–Crippen MR) is 121 cm³/mol. The van der Waals surface area contributed by atoms with Crippen molar-refractivity contribution in [2.75, 3.05) is 26.2 Å². The predicted octanol–water partition coefficient (Wildman–Crippen LogP) is 3.71. The number of nitrogens with zero attached hydrogens (tertiary/aromatic N) is 2. The van der Waals surface area contributed by atoms with Gasteiger partial charge in [-0.15, -0.1) is 0 Å². The lowest BCUT2D eigenvalue weighted by atomic mass is 10.4. The van der Waals surface area contributed by atoms with Crippen molar-refractivity contribution in [3.05, 3.63) is 60.7 Å². The summed E-state index contributed by atoms with van der Waals surface area (Å²) in [6.07, 6.45) is 0. The van der Waals surface area contributed by atoms with Crippen LogP contribution >= 0.6 is 0 Å². The summed E-state index contributed by atoms with van der Waals surface area (Å²) in [5.41, 5.74) is 0. The third kappa shape index (κ3) is 3.48. The Labute approximate surface area is 162 Å². The SMILES string of the molecule is CCN(CC)[Si](C)(C)[Si](c1ccccc1)(c1ccccc1)N(CC)CC. The zero-order valence-electron chi connectivity index (χ0n) is 17.5. The van der Waals surface area contributed by atoms with Crippen LogP contribution in [-0.2, 0) is 0 Å². The van der Waals surface area contributed by atoms with Crippen molar-refractivity contribution in [3.63, 3.8) is 0 Å². The van der Waals surface area contributed by atoms with Gasteiger partial charge in [-0.25, -0.2) is 0 Å². The first-order valence-corrected chi connectivity index (χ1v) is 16.0. The zero-order valence-corrected chi connectivity index (χ0v) is 19.5. The van der Waals surface area contributed by atoms with Crippen LogP contribution in [0.2, 0.25) is 13.1 Å². The van der Waals surface area contributed by atoms with Crippen molar-refractivity contribution in [2.45, 2.75) is 40.8 Å². The van der Waals surface area contributed by atoms with E-state index in [-0.39, 0.29) is 0 Å². The van der Waals surface area contributed by atoms with Gasteiger partial charge in [0.25, 0.3) is 0 Å². The highest BCUT2D eigenvalue weighted by atomic mass is 29.3. The summed E-state index contributed by atoms with van der Waals surface area (Å²) in [5.74, 6) is 0. The van der Waals surface area contributed by atoms with Crippen LogP contribution in [0.1, 0.15) is 27.7 Å². The van der Waals surface area contributed by atoms with E-state index in [4.69, 9.17) is 0 Å². The lowest BCUT2D eigenvalue weighted by molar-refractivity contribution is 0.453. The summed E-state index contributed by atoms with van der Waals surface area (Å²) in [7, 11) is -3.91. The van der Waals surface area contributed by atoms with E-state index in [0.717, 1.165) is 26.2 Å². The van der Waals surface area contributed by atoms with Crippen LogP contribution in [0.4, 0.5) is 0 Å². The Morgan fingerprint density at radius 2 is 0.923 bits per heavy atom. The van der Waals surface area contributed by atoms with Gasteiger partial charge < -0.3 is 9.13 Å². The fourth-order valence-electron chi connectivity index (χ4n) is 4.92. The topological polar surface area (TPSA) is 6.48 Å². The molecule has 26 heavy (non-hydrogen) atoms. The van der Waals surface area contributed by atoms with Crippen LogP contribution in [0, 0.1) is 0 Å². The standard InChI is InChI=1S/C22H36N2Si2/c1-7-23(8-2)25(5,6)26(24(9-3)10-4,21-17-13-11-14-18-21)22-19-15-12-16-20-22/h11-20H,7-10H2,1-6H3. The molecule has 0 aliphatic rings. The first kappa shape index (κ1) is 21.1. The molecule has 0 spiro atoms. The molecule has 0 bridgehead atoms. The van der Waals surface area contributed by atoms with Crippen LogP contribution in [0.5, 0.6) is 0 Å². The highest BCUT2D eigenvalue weighted by Crippen LogP contribution is 2.27. The van der Waals surface area contributed by atoms with Crippen molar-refractivity contribution in [3.8, 4) is 0 Å². The highest BCUT2D eigenvalue weighted by molar-refractivity contribution is 7.49. The molecular formula is C22H36N2Si2. The lowest BCUT2D eigenvalue weighted by Crippen LogP contribution is -2.86. The molecule has 0 fully saturated rings. The Balaban J connectivity index is 2.90. The van der Waals surface area contributed by atoms with Crippen LogP contribution in [-0.4, -0.2) is 50.8 Å². The fraction of sp³-hybridized carbons (Fsp3) is 0.455. The minimum Gasteiger partial charge on any atom is -0.325 e. The second-order valence-corrected chi connectivity index (χ2v) is 20.1. The minimum atomic E-state index is -2.11. The molecule has 0 saturated carbocycles. The molecule has 0 unspecified atom stereocenters. The van der Waals surface area contributed by atoms with E-state index in [0.29, 0.717) is 0 Å². The molecule has 0 N–H and O–H groups in total. The van der Waals surface area contributed by atoms with Crippen molar-refractivity contribution in [1.82, 2.24) is 9.13 Å². The Bertz CT molecular complexity index is 611. The largest absolute Gasteiger partial charge is 0.325 e. The second kappa shape index (κ2) is 9.13. The third-order valence-electron chi connectivity index (χ3n) is 6.06. The van der Waals surface area contributed by atoms with Gasteiger partial charge in [-0.2, -0.15) is 0 Å².